The lowest BCUT2D eigenvalue weighted by atomic mass is 9.77. The third-order valence-corrected chi connectivity index (χ3v) is 11.5. The number of rotatable bonds is 7. The van der Waals surface area contributed by atoms with Crippen LogP contribution in [0.25, 0.3) is 0 Å². The lowest BCUT2D eigenvalue weighted by molar-refractivity contribution is -0.125. The van der Waals surface area contributed by atoms with Gasteiger partial charge in [0.25, 0.3) is 0 Å². The van der Waals surface area contributed by atoms with Crippen molar-refractivity contribution in [1.29, 1.82) is 0 Å². The van der Waals surface area contributed by atoms with Crippen LogP contribution in [0.1, 0.15) is 59.3 Å². The van der Waals surface area contributed by atoms with Gasteiger partial charge in [0.2, 0.25) is 8.32 Å². The second-order valence-corrected chi connectivity index (χ2v) is 14.6. The standard InChI is InChI=1S/C24H36O3Si/c1-23(2,3)28(4,5)27-22(14-10-18-26-20-12-7-6-8-13-20)24-17-9-11-19(24)15-16-21(24)25/h6-8,12-14,19H,9-11,15-18H2,1-5H3/b22-14+. The largest absolute Gasteiger partial charge is 0.546 e. The van der Waals surface area contributed by atoms with Crippen molar-refractivity contribution in [3.63, 3.8) is 0 Å². The molecule has 3 rings (SSSR count). The van der Waals surface area contributed by atoms with Crippen molar-refractivity contribution in [2.45, 2.75) is 77.4 Å². The molecule has 0 spiro atoms. The summed E-state index contributed by atoms with van der Waals surface area (Å²) in [6, 6.07) is 9.90. The minimum atomic E-state index is -2.02. The topological polar surface area (TPSA) is 35.5 Å². The monoisotopic (exact) mass is 400 g/mol. The molecule has 2 aliphatic rings. The van der Waals surface area contributed by atoms with E-state index in [2.05, 4.69) is 39.9 Å². The Morgan fingerprint density at radius 2 is 1.93 bits per heavy atom. The van der Waals surface area contributed by atoms with Gasteiger partial charge in [0, 0.05) is 12.8 Å². The molecule has 2 fully saturated rings. The number of Topliss-reactive ketones (excluding diaryl/α,β-unsaturated/α-hetero) is 1. The molecule has 0 bridgehead atoms. The molecule has 1 aromatic rings. The third kappa shape index (κ3) is 4.07. The summed E-state index contributed by atoms with van der Waals surface area (Å²) in [5, 5.41) is 0.110. The Morgan fingerprint density at radius 3 is 2.61 bits per heavy atom. The molecule has 154 valence electrons. The predicted molar refractivity (Wildman–Crippen MR) is 117 cm³/mol. The summed E-state index contributed by atoms with van der Waals surface area (Å²) in [6.45, 7) is 11.9. The molecule has 0 amide bonds. The van der Waals surface area contributed by atoms with E-state index in [1.165, 1.54) is 0 Å². The van der Waals surface area contributed by atoms with E-state index >= 15 is 0 Å². The van der Waals surface area contributed by atoms with Gasteiger partial charge in [0.15, 0.2) is 0 Å². The molecule has 0 radical (unpaired) electrons. The molecule has 0 saturated heterocycles. The molecule has 0 N–H and O–H groups in total. The van der Waals surface area contributed by atoms with E-state index in [1.807, 2.05) is 30.3 Å². The molecule has 0 heterocycles. The van der Waals surface area contributed by atoms with Crippen LogP contribution in [0, 0.1) is 11.3 Å². The van der Waals surface area contributed by atoms with Crippen LogP contribution in [0.3, 0.4) is 0 Å². The summed E-state index contributed by atoms with van der Waals surface area (Å²) in [5.41, 5.74) is -0.359. The first-order chi connectivity index (χ1) is 13.2. The summed E-state index contributed by atoms with van der Waals surface area (Å²) >= 11 is 0. The van der Waals surface area contributed by atoms with Crippen molar-refractivity contribution < 1.29 is 14.0 Å². The molecule has 2 saturated carbocycles. The number of fused-ring (bicyclic) bond motifs is 1. The van der Waals surface area contributed by atoms with Crippen molar-refractivity contribution in [2.24, 2.45) is 11.3 Å². The summed E-state index contributed by atoms with van der Waals surface area (Å²) in [5.74, 6) is 2.73. The number of hydrogen-bond acceptors (Lipinski definition) is 3. The van der Waals surface area contributed by atoms with Gasteiger partial charge >= 0.3 is 0 Å². The van der Waals surface area contributed by atoms with E-state index in [1.54, 1.807) is 0 Å². The highest BCUT2D eigenvalue weighted by Gasteiger charge is 2.57. The lowest BCUT2D eigenvalue weighted by Crippen LogP contribution is -2.44. The number of ketones is 1. The van der Waals surface area contributed by atoms with Gasteiger partial charge in [-0.3, -0.25) is 4.79 Å². The van der Waals surface area contributed by atoms with Gasteiger partial charge < -0.3 is 9.16 Å². The van der Waals surface area contributed by atoms with Gasteiger partial charge in [-0.1, -0.05) is 45.4 Å². The molecular weight excluding hydrogens is 364 g/mol. The average Bonchev–Trinajstić information content (AvgIpc) is 3.19. The second kappa shape index (κ2) is 8.06. The highest BCUT2D eigenvalue weighted by Crippen LogP contribution is 2.57. The van der Waals surface area contributed by atoms with Crippen LogP contribution in [0.15, 0.2) is 42.2 Å². The number of ether oxygens (including phenoxy) is 1. The van der Waals surface area contributed by atoms with E-state index in [-0.39, 0.29) is 10.5 Å². The predicted octanol–water partition coefficient (Wildman–Crippen LogP) is 6.51. The second-order valence-electron chi connectivity index (χ2n) is 9.90. The maximum atomic E-state index is 13.1. The number of hydrogen-bond donors (Lipinski definition) is 0. The van der Waals surface area contributed by atoms with Crippen LogP contribution in [0.4, 0.5) is 0 Å². The molecule has 4 heteroatoms. The van der Waals surface area contributed by atoms with E-state index in [9.17, 15) is 4.79 Å². The molecule has 2 unspecified atom stereocenters. The molecule has 1 aromatic carbocycles. The summed E-state index contributed by atoms with van der Waals surface area (Å²) in [4.78, 5) is 13.1. The molecule has 3 nitrogen and oxygen atoms in total. The fourth-order valence-corrected chi connectivity index (χ4v) is 5.57. The first kappa shape index (κ1) is 21.2. The Balaban J connectivity index is 1.81. The van der Waals surface area contributed by atoms with E-state index in [0.29, 0.717) is 24.7 Å². The fraction of sp³-hybridized carbons (Fsp3) is 0.625. The molecule has 0 aromatic heterocycles. The number of para-hydroxylation sites is 1. The maximum absolute atomic E-state index is 13.1. The molecule has 28 heavy (non-hydrogen) atoms. The Labute approximate surface area is 171 Å². The van der Waals surface area contributed by atoms with Crippen LogP contribution < -0.4 is 4.74 Å². The Morgan fingerprint density at radius 1 is 1.21 bits per heavy atom. The average molecular weight is 401 g/mol. The van der Waals surface area contributed by atoms with Crippen molar-refractivity contribution in [3.8, 4) is 5.75 Å². The maximum Gasteiger partial charge on any atom is 0.250 e. The molecule has 0 aliphatic heterocycles. The van der Waals surface area contributed by atoms with Crippen molar-refractivity contribution in [2.75, 3.05) is 6.61 Å². The van der Waals surface area contributed by atoms with Crippen LogP contribution in [0.2, 0.25) is 18.1 Å². The third-order valence-electron chi connectivity index (χ3n) is 7.11. The van der Waals surface area contributed by atoms with Crippen molar-refractivity contribution in [3.05, 3.63) is 42.2 Å². The van der Waals surface area contributed by atoms with Gasteiger partial charge in [-0.2, -0.15) is 0 Å². The smallest absolute Gasteiger partial charge is 0.250 e. The SMILES string of the molecule is CC(C)(C)[Si](C)(C)O/C(=C/CCOc1ccccc1)C12CCCC1CCC2=O. The minimum absolute atomic E-state index is 0.110. The Hall–Kier alpha value is -1.55. The number of carbonyl (C=O) groups excluding carboxylic acids is 1. The zero-order valence-corrected chi connectivity index (χ0v) is 19.2. The van der Waals surface area contributed by atoms with Crippen molar-refractivity contribution >= 4 is 14.1 Å². The Bertz CT molecular complexity index is 717. The summed E-state index contributed by atoms with van der Waals surface area (Å²) in [6.07, 6.45) is 7.93. The number of benzene rings is 1. The molecular formula is C24H36O3Si. The highest BCUT2D eigenvalue weighted by molar-refractivity contribution is 6.74. The number of allylic oxidation sites excluding steroid dienone is 1. The summed E-state index contributed by atoms with van der Waals surface area (Å²) in [7, 11) is -2.02. The number of carbonyl (C=O) groups is 1. The van der Waals surface area contributed by atoms with Crippen molar-refractivity contribution in [1.82, 2.24) is 0 Å². The summed E-state index contributed by atoms with van der Waals surface area (Å²) < 4.78 is 12.7. The van der Waals surface area contributed by atoms with Crippen LogP contribution in [-0.4, -0.2) is 20.7 Å². The van der Waals surface area contributed by atoms with Crippen LogP contribution in [0.5, 0.6) is 5.75 Å². The van der Waals surface area contributed by atoms with E-state index in [0.717, 1.165) is 43.6 Å². The van der Waals surface area contributed by atoms with Gasteiger partial charge in [0.05, 0.1) is 17.8 Å². The van der Waals surface area contributed by atoms with E-state index < -0.39 is 8.32 Å². The molecule has 2 atom stereocenters. The van der Waals surface area contributed by atoms with Gasteiger partial charge in [0.1, 0.15) is 11.5 Å². The zero-order valence-electron chi connectivity index (χ0n) is 18.2. The van der Waals surface area contributed by atoms with E-state index in [4.69, 9.17) is 9.16 Å². The van der Waals surface area contributed by atoms with Crippen LogP contribution >= 0.6 is 0 Å². The minimum Gasteiger partial charge on any atom is -0.546 e. The molecule has 2 aliphatic carbocycles. The quantitative estimate of drug-likeness (QED) is 0.297. The van der Waals surface area contributed by atoms with Gasteiger partial charge in [-0.05, 0) is 61.5 Å². The lowest BCUT2D eigenvalue weighted by Gasteiger charge is -2.42. The normalized spacial score (nSPS) is 25.7. The fourth-order valence-electron chi connectivity index (χ4n) is 4.45. The zero-order chi connectivity index (χ0) is 20.4. The van der Waals surface area contributed by atoms with Gasteiger partial charge in [-0.25, -0.2) is 0 Å². The van der Waals surface area contributed by atoms with Gasteiger partial charge in [-0.15, -0.1) is 0 Å². The van der Waals surface area contributed by atoms with Crippen LogP contribution in [-0.2, 0) is 9.22 Å². The Kier molecular flexibility index (Phi) is 6.09. The first-order valence-corrected chi connectivity index (χ1v) is 13.7. The highest BCUT2D eigenvalue weighted by atomic mass is 28.4. The first-order valence-electron chi connectivity index (χ1n) is 10.8.